The SMILES string of the molecule is Cc1cc2c(cc1F)nc(CCCl)n2CCn1ccnc1. The molecule has 0 spiro atoms. The van der Waals surface area contributed by atoms with E-state index < -0.39 is 0 Å². The molecular formula is C15H16ClFN4. The summed E-state index contributed by atoms with van der Waals surface area (Å²) in [7, 11) is 0. The van der Waals surface area contributed by atoms with Gasteiger partial charge < -0.3 is 9.13 Å². The summed E-state index contributed by atoms with van der Waals surface area (Å²) < 4.78 is 17.8. The van der Waals surface area contributed by atoms with Crippen molar-refractivity contribution in [3.63, 3.8) is 0 Å². The number of rotatable bonds is 5. The molecule has 0 aliphatic carbocycles. The molecule has 3 rings (SSSR count). The molecule has 0 N–H and O–H groups in total. The van der Waals surface area contributed by atoms with Gasteiger partial charge >= 0.3 is 0 Å². The number of aryl methyl sites for hydroxylation is 4. The number of hydrogen-bond acceptors (Lipinski definition) is 2. The van der Waals surface area contributed by atoms with Crippen molar-refractivity contribution in [2.45, 2.75) is 26.4 Å². The van der Waals surface area contributed by atoms with Gasteiger partial charge in [-0.3, -0.25) is 0 Å². The normalized spacial score (nSPS) is 11.4. The second kappa shape index (κ2) is 5.85. The zero-order valence-electron chi connectivity index (χ0n) is 11.8. The third kappa shape index (κ3) is 2.78. The zero-order valence-corrected chi connectivity index (χ0v) is 12.5. The summed E-state index contributed by atoms with van der Waals surface area (Å²) >= 11 is 5.86. The molecule has 0 radical (unpaired) electrons. The number of benzene rings is 1. The monoisotopic (exact) mass is 306 g/mol. The molecule has 0 atom stereocenters. The van der Waals surface area contributed by atoms with Gasteiger partial charge in [0.25, 0.3) is 0 Å². The number of halogens is 2. The Morgan fingerprint density at radius 2 is 2.14 bits per heavy atom. The van der Waals surface area contributed by atoms with Gasteiger partial charge in [-0.25, -0.2) is 14.4 Å². The maximum Gasteiger partial charge on any atom is 0.128 e. The average Bonchev–Trinajstić information content (AvgIpc) is 3.06. The summed E-state index contributed by atoms with van der Waals surface area (Å²) in [6.45, 7) is 3.31. The van der Waals surface area contributed by atoms with Gasteiger partial charge in [0.15, 0.2) is 0 Å². The topological polar surface area (TPSA) is 35.6 Å². The molecular weight excluding hydrogens is 291 g/mol. The predicted molar refractivity (Wildman–Crippen MR) is 81.1 cm³/mol. The highest BCUT2D eigenvalue weighted by Crippen LogP contribution is 2.21. The van der Waals surface area contributed by atoms with Crippen LogP contribution in [0.25, 0.3) is 11.0 Å². The molecule has 0 saturated carbocycles. The first-order chi connectivity index (χ1) is 10.2. The van der Waals surface area contributed by atoms with Gasteiger partial charge in [-0.1, -0.05) is 0 Å². The highest BCUT2D eigenvalue weighted by Gasteiger charge is 2.12. The Morgan fingerprint density at radius 3 is 2.86 bits per heavy atom. The fraction of sp³-hybridized carbons (Fsp3) is 0.333. The Balaban J connectivity index is 2.00. The van der Waals surface area contributed by atoms with Crippen molar-refractivity contribution >= 4 is 22.6 Å². The van der Waals surface area contributed by atoms with Gasteiger partial charge in [-0.05, 0) is 18.6 Å². The molecule has 4 nitrogen and oxygen atoms in total. The summed E-state index contributed by atoms with van der Waals surface area (Å²) in [6.07, 6.45) is 6.13. The summed E-state index contributed by atoms with van der Waals surface area (Å²) in [5.41, 5.74) is 2.27. The Labute approximate surface area is 127 Å². The fourth-order valence-corrected chi connectivity index (χ4v) is 2.63. The zero-order chi connectivity index (χ0) is 14.8. The van der Waals surface area contributed by atoms with Crippen molar-refractivity contribution in [2.24, 2.45) is 0 Å². The molecule has 1 aromatic carbocycles. The lowest BCUT2D eigenvalue weighted by Gasteiger charge is -2.09. The van der Waals surface area contributed by atoms with Crippen molar-refractivity contribution in [3.05, 3.63) is 48.1 Å². The molecule has 0 aliphatic rings. The molecule has 2 aromatic heterocycles. The minimum atomic E-state index is -0.223. The molecule has 6 heteroatoms. The lowest BCUT2D eigenvalue weighted by atomic mass is 10.2. The van der Waals surface area contributed by atoms with E-state index in [9.17, 15) is 4.39 Å². The molecule has 2 heterocycles. The first-order valence-corrected chi connectivity index (χ1v) is 7.39. The van der Waals surface area contributed by atoms with Crippen molar-refractivity contribution in [3.8, 4) is 0 Å². The highest BCUT2D eigenvalue weighted by atomic mass is 35.5. The second-order valence-electron chi connectivity index (χ2n) is 5.01. The van der Waals surface area contributed by atoms with Crippen molar-refractivity contribution in [1.82, 2.24) is 19.1 Å². The van der Waals surface area contributed by atoms with Crippen molar-refractivity contribution in [1.29, 1.82) is 0 Å². The van der Waals surface area contributed by atoms with Gasteiger partial charge in [-0.2, -0.15) is 0 Å². The molecule has 0 bridgehead atoms. The summed E-state index contributed by atoms with van der Waals surface area (Å²) in [6, 6.07) is 3.35. The third-order valence-electron chi connectivity index (χ3n) is 3.57. The number of fused-ring (bicyclic) bond motifs is 1. The van der Waals surface area contributed by atoms with Gasteiger partial charge in [0.05, 0.1) is 17.4 Å². The van der Waals surface area contributed by atoms with Crippen LogP contribution in [0.2, 0.25) is 0 Å². The molecule has 110 valence electrons. The third-order valence-corrected chi connectivity index (χ3v) is 3.76. The maximum absolute atomic E-state index is 13.7. The van der Waals surface area contributed by atoms with Gasteiger partial charge in [0, 0.05) is 43.9 Å². The van der Waals surface area contributed by atoms with E-state index in [4.69, 9.17) is 11.6 Å². The highest BCUT2D eigenvalue weighted by molar-refractivity contribution is 6.17. The Kier molecular flexibility index (Phi) is 3.92. The Hall–Kier alpha value is -1.88. The van der Waals surface area contributed by atoms with Crippen LogP contribution >= 0.6 is 11.6 Å². The molecule has 0 fully saturated rings. The number of aromatic nitrogens is 4. The Bertz CT molecular complexity index is 749. The fourth-order valence-electron chi connectivity index (χ4n) is 2.46. The van der Waals surface area contributed by atoms with E-state index in [-0.39, 0.29) is 5.82 Å². The first-order valence-electron chi connectivity index (χ1n) is 6.86. The lowest BCUT2D eigenvalue weighted by molar-refractivity contribution is 0.571. The van der Waals surface area contributed by atoms with Crippen LogP contribution < -0.4 is 0 Å². The lowest BCUT2D eigenvalue weighted by Crippen LogP contribution is -2.10. The van der Waals surface area contributed by atoms with E-state index in [1.165, 1.54) is 6.07 Å². The molecule has 3 aromatic rings. The largest absolute Gasteiger partial charge is 0.336 e. The van der Waals surface area contributed by atoms with Crippen LogP contribution in [0.3, 0.4) is 0 Å². The number of hydrogen-bond donors (Lipinski definition) is 0. The van der Waals surface area contributed by atoms with Crippen molar-refractivity contribution in [2.75, 3.05) is 5.88 Å². The minimum absolute atomic E-state index is 0.223. The van der Waals surface area contributed by atoms with E-state index in [1.54, 1.807) is 19.4 Å². The van der Waals surface area contributed by atoms with E-state index in [0.29, 0.717) is 23.4 Å². The van der Waals surface area contributed by atoms with Crippen LogP contribution in [0.15, 0.2) is 30.9 Å². The van der Waals surface area contributed by atoms with Crippen LogP contribution in [0, 0.1) is 12.7 Å². The maximum atomic E-state index is 13.7. The van der Waals surface area contributed by atoms with Crippen LogP contribution in [0.5, 0.6) is 0 Å². The smallest absolute Gasteiger partial charge is 0.128 e. The molecule has 21 heavy (non-hydrogen) atoms. The molecule has 0 saturated heterocycles. The quantitative estimate of drug-likeness (QED) is 0.679. The van der Waals surface area contributed by atoms with Gasteiger partial charge in [0.1, 0.15) is 11.6 Å². The summed E-state index contributed by atoms with van der Waals surface area (Å²) in [4.78, 5) is 8.55. The van der Waals surface area contributed by atoms with Crippen LogP contribution in [-0.2, 0) is 19.5 Å². The average molecular weight is 307 g/mol. The summed E-state index contributed by atoms with van der Waals surface area (Å²) in [5, 5.41) is 0. The number of alkyl halides is 1. The predicted octanol–water partition coefficient (Wildman–Crippen LogP) is 3.16. The van der Waals surface area contributed by atoms with E-state index in [1.807, 2.05) is 16.8 Å². The van der Waals surface area contributed by atoms with Crippen LogP contribution in [-0.4, -0.2) is 25.0 Å². The minimum Gasteiger partial charge on any atom is -0.336 e. The standard InChI is InChI=1S/C15H16ClFN4/c1-11-8-14-13(9-12(11)17)19-15(2-3-16)21(14)7-6-20-5-4-18-10-20/h4-5,8-10H,2-3,6-7H2,1H3. The van der Waals surface area contributed by atoms with Crippen LogP contribution in [0.4, 0.5) is 4.39 Å². The number of imidazole rings is 2. The van der Waals surface area contributed by atoms with E-state index in [0.717, 1.165) is 24.4 Å². The second-order valence-corrected chi connectivity index (χ2v) is 5.39. The molecule has 0 unspecified atom stereocenters. The van der Waals surface area contributed by atoms with E-state index >= 15 is 0 Å². The van der Waals surface area contributed by atoms with Crippen LogP contribution in [0.1, 0.15) is 11.4 Å². The van der Waals surface area contributed by atoms with E-state index in [2.05, 4.69) is 14.5 Å². The first kappa shape index (κ1) is 14.1. The van der Waals surface area contributed by atoms with Gasteiger partial charge in [0.2, 0.25) is 0 Å². The Morgan fingerprint density at radius 1 is 1.29 bits per heavy atom. The number of nitrogens with zero attached hydrogens (tertiary/aromatic N) is 4. The summed E-state index contributed by atoms with van der Waals surface area (Å²) in [5.74, 6) is 1.17. The molecule has 0 aliphatic heterocycles. The van der Waals surface area contributed by atoms with Crippen molar-refractivity contribution < 1.29 is 4.39 Å². The van der Waals surface area contributed by atoms with Gasteiger partial charge in [-0.15, -0.1) is 11.6 Å². The molecule has 0 amide bonds.